The van der Waals surface area contributed by atoms with Crippen molar-refractivity contribution in [1.82, 2.24) is 4.90 Å². The average Bonchev–Trinajstić information content (AvgIpc) is 2.19. The number of piperidine rings is 1. The van der Waals surface area contributed by atoms with Gasteiger partial charge >= 0.3 is 0 Å². The minimum absolute atomic E-state index is 0.231. The second kappa shape index (κ2) is 7.77. The van der Waals surface area contributed by atoms with Crippen LogP contribution in [-0.2, 0) is 9.59 Å². The number of aldehydes is 1. The van der Waals surface area contributed by atoms with E-state index in [1.165, 1.54) is 19.3 Å². The van der Waals surface area contributed by atoms with E-state index in [1.807, 2.05) is 11.8 Å². The van der Waals surface area contributed by atoms with Gasteiger partial charge in [0.25, 0.3) is 0 Å². The monoisotopic (exact) mass is 185 g/mol. The van der Waals surface area contributed by atoms with E-state index >= 15 is 0 Å². The van der Waals surface area contributed by atoms with Gasteiger partial charge in [-0.05, 0) is 19.3 Å². The highest BCUT2D eigenvalue weighted by Gasteiger charge is 2.10. The Hall–Kier alpha value is -0.860. The number of hydrogen-bond donors (Lipinski definition) is 0. The summed E-state index contributed by atoms with van der Waals surface area (Å²) >= 11 is 0. The molecule has 1 aliphatic rings. The van der Waals surface area contributed by atoms with Crippen LogP contribution in [0.15, 0.2) is 0 Å². The maximum Gasteiger partial charge on any atom is 0.219 e. The van der Waals surface area contributed by atoms with Crippen molar-refractivity contribution in [3.05, 3.63) is 0 Å². The van der Waals surface area contributed by atoms with Gasteiger partial charge in [0.05, 0.1) is 0 Å². The molecule has 0 aliphatic carbocycles. The van der Waals surface area contributed by atoms with Crippen LogP contribution in [0.3, 0.4) is 0 Å². The molecular weight excluding hydrogens is 166 g/mol. The Morgan fingerprint density at radius 1 is 1.31 bits per heavy atom. The quantitative estimate of drug-likeness (QED) is 0.582. The number of likely N-dealkylation sites (tertiary alicyclic amines) is 1. The lowest BCUT2D eigenvalue weighted by Crippen LogP contribution is -2.33. The standard InChI is InChI=1S/C7H13NO.C3H6O/c1-7(9)8-5-3-2-4-6-8;1-2-3-4/h2-6H2,1H3;3H,2H2,1H3. The summed E-state index contributed by atoms with van der Waals surface area (Å²) in [6.45, 7) is 5.42. The molecule has 0 N–H and O–H groups in total. The van der Waals surface area contributed by atoms with Gasteiger partial charge in [0.15, 0.2) is 0 Å². The zero-order valence-electron chi connectivity index (χ0n) is 8.58. The second-order valence-electron chi connectivity index (χ2n) is 3.14. The molecule has 13 heavy (non-hydrogen) atoms. The average molecular weight is 185 g/mol. The fraction of sp³-hybridized carbons (Fsp3) is 0.800. The van der Waals surface area contributed by atoms with Crippen LogP contribution in [0, 0.1) is 0 Å². The highest BCUT2D eigenvalue weighted by atomic mass is 16.2. The summed E-state index contributed by atoms with van der Waals surface area (Å²) in [6.07, 6.45) is 5.20. The number of amides is 1. The highest BCUT2D eigenvalue weighted by Crippen LogP contribution is 2.07. The van der Waals surface area contributed by atoms with Gasteiger partial charge in [0, 0.05) is 26.4 Å². The third-order valence-electron chi connectivity index (χ3n) is 1.97. The minimum Gasteiger partial charge on any atom is -0.343 e. The number of carbonyl (C=O) groups excluding carboxylic acids is 2. The predicted molar refractivity (Wildman–Crippen MR) is 52.5 cm³/mol. The number of hydrogen-bond acceptors (Lipinski definition) is 2. The molecule has 1 amide bonds. The van der Waals surface area contributed by atoms with Gasteiger partial charge < -0.3 is 9.69 Å². The first-order valence-corrected chi connectivity index (χ1v) is 4.91. The molecule has 1 aliphatic heterocycles. The van der Waals surface area contributed by atoms with Gasteiger partial charge in [-0.3, -0.25) is 4.79 Å². The van der Waals surface area contributed by atoms with Gasteiger partial charge in [-0.25, -0.2) is 0 Å². The van der Waals surface area contributed by atoms with Gasteiger partial charge in [-0.1, -0.05) is 6.92 Å². The fourth-order valence-corrected chi connectivity index (χ4v) is 1.21. The molecule has 1 fully saturated rings. The first-order chi connectivity index (χ1) is 6.22. The molecule has 1 saturated heterocycles. The third-order valence-corrected chi connectivity index (χ3v) is 1.97. The molecule has 0 saturated carbocycles. The third kappa shape index (κ3) is 6.31. The Morgan fingerprint density at radius 3 is 2.00 bits per heavy atom. The maximum absolute atomic E-state index is 10.7. The predicted octanol–water partition coefficient (Wildman–Crippen LogP) is 1.61. The van der Waals surface area contributed by atoms with Crippen LogP contribution in [0.1, 0.15) is 39.5 Å². The molecule has 1 rings (SSSR count). The molecule has 0 bridgehead atoms. The van der Waals surface area contributed by atoms with Crippen molar-refractivity contribution >= 4 is 12.2 Å². The van der Waals surface area contributed by atoms with Crippen molar-refractivity contribution in [3.8, 4) is 0 Å². The smallest absolute Gasteiger partial charge is 0.219 e. The number of nitrogens with zero attached hydrogens (tertiary/aromatic N) is 1. The lowest BCUT2D eigenvalue weighted by atomic mass is 10.1. The van der Waals surface area contributed by atoms with Crippen LogP contribution in [0.4, 0.5) is 0 Å². The SMILES string of the molecule is CC(=O)N1CCCCC1.CCC=O. The van der Waals surface area contributed by atoms with Gasteiger partial charge in [0.1, 0.15) is 6.29 Å². The van der Waals surface area contributed by atoms with Crippen molar-refractivity contribution in [2.75, 3.05) is 13.1 Å². The van der Waals surface area contributed by atoms with E-state index in [0.717, 1.165) is 19.4 Å². The summed E-state index contributed by atoms with van der Waals surface area (Å²) < 4.78 is 0. The molecular formula is C10H19NO2. The van der Waals surface area contributed by atoms with E-state index in [0.29, 0.717) is 6.42 Å². The molecule has 0 aromatic carbocycles. The van der Waals surface area contributed by atoms with Gasteiger partial charge in [0.2, 0.25) is 5.91 Å². The van der Waals surface area contributed by atoms with Crippen molar-refractivity contribution < 1.29 is 9.59 Å². The summed E-state index contributed by atoms with van der Waals surface area (Å²) in [6, 6.07) is 0. The Morgan fingerprint density at radius 2 is 1.77 bits per heavy atom. The topological polar surface area (TPSA) is 37.4 Å². The van der Waals surface area contributed by atoms with E-state index in [2.05, 4.69) is 0 Å². The number of rotatable bonds is 1. The molecule has 1 heterocycles. The Labute approximate surface area is 80.1 Å². The van der Waals surface area contributed by atoms with Crippen molar-refractivity contribution in [3.63, 3.8) is 0 Å². The Balaban J connectivity index is 0.000000310. The van der Waals surface area contributed by atoms with Gasteiger partial charge in [-0.2, -0.15) is 0 Å². The molecule has 0 aromatic heterocycles. The molecule has 76 valence electrons. The van der Waals surface area contributed by atoms with E-state index in [-0.39, 0.29) is 5.91 Å². The Kier molecular flexibility index (Phi) is 7.26. The zero-order chi connectivity index (χ0) is 10.1. The van der Waals surface area contributed by atoms with Crippen LogP contribution in [0.5, 0.6) is 0 Å². The van der Waals surface area contributed by atoms with E-state index in [1.54, 1.807) is 6.92 Å². The molecule has 3 heteroatoms. The first kappa shape index (κ1) is 12.1. The van der Waals surface area contributed by atoms with E-state index < -0.39 is 0 Å². The van der Waals surface area contributed by atoms with Crippen LogP contribution in [0.2, 0.25) is 0 Å². The summed E-state index contributed by atoms with van der Waals surface area (Å²) in [5, 5.41) is 0. The fourth-order valence-electron chi connectivity index (χ4n) is 1.21. The van der Waals surface area contributed by atoms with Crippen molar-refractivity contribution in [2.45, 2.75) is 39.5 Å². The van der Waals surface area contributed by atoms with Gasteiger partial charge in [-0.15, -0.1) is 0 Å². The normalized spacial score (nSPS) is 15.7. The van der Waals surface area contributed by atoms with Crippen LogP contribution >= 0.6 is 0 Å². The molecule has 0 radical (unpaired) electrons. The van der Waals surface area contributed by atoms with Crippen molar-refractivity contribution in [1.29, 1.82) is 0 Å². The molecule has 0 unspecified atom stereocenters. The summed E-state index contributed by atoms with van der Waals surface area (Å²) in [5.41, 5.74) is 0. The zero-order valence-corrected chi connectivity index (χ0v) is 8.58. The maximum atomic E-state index is 10.7. The Bertz CT molecular complexity index is 151. The lowest BCUT2D eigenvalue weighted by molar-refractivity contribution is -0.129. The highest BCUT2D eigenvalue weighted by molar-refractivity contribution is 5.73. The molecule has 3 nitrogen and oxygen atoms in total. The molecule has 0 aromatic rings. The summed E-state index contributed by atoms with van der Waals surface area (Å²) in [7, 11) is 0. The summed E-state index contributed by atoms with van der Waals surface area (Å²) in [4.78, 5) is 21.8. The van der Waals surface area contributed by atoms with Crippen LogP contribution in [0.25, 0.3) is 0 Å². The van der Waals surface area contributed by atoms with E-state index in [4.69, 9.17) is 0 Å². The van der Waals surface area contributed by atoms with E-state index in [9.17, 15) is 9.59 Å². The van der Waals surface area contributed by atoms with Crippen LogP contribution in [-0.4, -0.2) is 30.2 Å². The van der Waals surface area contributed by atoms with Crippen molar-refractivity contribution in [2.24, 2.45) is 0 Å². The lowest BCUT2D eigenvalue weighted by Gasteiger charge is -2.24. The largest absolute Gasteiger partial charge is 0.343 e. The van der Waals surface area contributed by atoms with Crippen LogP contribution < -0.4 is 0 Å². The summed E-state index contributed by atoms with van der Waals surface area (Å²) in [5.74, 6) is 0.231. The first-order valence-electron chi connectivity index (χ1n) is 4.91. The minimum atomic E-state index is 0.231. The number of carbonyl (C=O) groups is 2. The molecule has 0 spiro atoms. The molecule has 0 atom stereocenters. The second-order valence-corrected chi connectivity index (χ2v) is 3.14.